The zero-order valence-electron chi connectivity index (χ0n) is 11.2. The average Bonchev–Trinajstić information content (AvgIpc) is 2.80. The Morgan fingerprint density at radius 3 is 3.00 bits per heavy atom. The van der Waals surface area contributed by atoms with Crippen molar-refractivity contribution >= 4 is 28.9 Å². The Balaban J connectivity index is 1.87. The lowest BCUT2D eigenvalue weighted by molar-refractivity contribution is -0.117. The molecule has 1 amide bonds. The van der Waals surface area contributed by atoms with Crippen LogP contribution in [0.15, 0.2) is 18.2 Å². The summed E-state index contributed by atoms with van der Waals surface area (Å²) in [7, 11) is 0. The minimum atomic E-state index is -0.0224. The number of likely N-dealkylation sites (tertiary alicyclic amines) is 1. The number of amides is 1. The van der Waals surface area contributed by atoms with E-state index in [0.717, 1.165) is 19.0 Å². The van der Waals surface area contributed by atoms with Crippen molar-refractivity contribution in [2.24, 2.45) is 5.92 Å². The quantitative estimate of drug-likeness (QED) is 0.834. The molecule has 1 aromatic rings. The van der Waals surface area contributed by atoms with E-state index in [0.29, 0.717) is 22.9 Å². The highest BCUT2D eigenvalue weighted by Crippen LogP contribution is 2.23. The molecule has 5 heteroatoms. The van der Waals surface area contributed by atoms with Crippen LogP contribution in [0, 0.1) is 5.92 Å². The van der Waals surface area contributed by atoms with E-state index in [-0.39, 0.29) is 5.91 Å². The highest BCUT2D eigenvalue weighted by Gasteiger charge is 2.22. The van der Waals surface area contributed by atoms with Gasteiger partial charge in [-0.1, -0.05) is 24.9 Å². The topological polar surface area (TPSA) is 58.4 Å². The standard InChI is InChI=1S/C14H20ClN3O/c1-2-10-5-6-18(8-10)9-14(19)17-13-4-3-11(15)7-12(13)16/h3-4,7,10H,2,5-6,8-9,16H2,1H3,(H,17,19). The molecule has 1 unspecified atom stereocenters. The lowest BCUT2D eigenvalue weighted by atomic mass is 10.1. The van der Waals surface area contributed by atoms with Crippen LogP contribution in [0.4, 0.5) is 11.4 Å². The molecule has 0 aromatic heterocycles. The molecule has 1 fully saturated rings. The van der Waals surface area contributed by atoms with E-state index in [1.165, 1.54) is 12.8 Å². The van der Waals surface area contributed by atoms with E-state index in [1.54, 1.807) is 18.2 Å². The molecule has 1 saturated heterocycles. The van der Waals surface area contributed by atoms with Gasteiger partial charge in [0.2, 0.25) is 5.91 Å². The summed E-state index contributed by atoms with van der Waals surface area (Å²) in [6, 6.07) is 5.09. The zero-order chi connectivity index (χ0) is 13.8. The third-order valence-electron chi connectivity index (χ3n) is 3.60. The maximum absolute atomic E-state index is 12.0. The molecule has 4 nitrogen and oxygen atoms in total. The Kier molecular flexibility index (Phi) is 4.66. The number of carbonyl (C=O) groups is 1. The number of hydrogen-bond donors (Lipinski definition) is 2. The van der Waals surface area contributed by atoms with Gasteiger partial charge in [-0.2, -0.15) is 0 Å². The predicted octanol–water partition coefficient (Wildman–Crippen LogP) is 2.59. The maximum atomic E-state index is 12.0. The number of nitrogens with zero attached hydrogens (tertiary/aromatic N) is 1. The smallest absolute Gasteiger partial charge is 0.238 e. The molecule has 1 aromatic carbocycles. The summed E-state index contributed by atoms with van der Waals surface area (Å²) in [6.45, 7) is 4.64. The first-order chi connectivity index (χ1) is 9.08. The van der Waals surface area contributed by atoms with Gasteiger partial charge in [-0.3, -0.25) is 9.69 Å². The van der Waals surface area contributed by atoms with Gasteiger partial charge >= 0.3 is 0 Å². The van der Waals surface area contributed by atoms with E-state index < -0.39 is 0 Å². The van der Waals surface area contributed by atoms with Gasteiger partial charge in [0.15, 0.2) is 0 Å². The maximum Gasteiger partial charge on any atom is 0.238 e. The summed E-state index contributed by atoms with van der Waals surface area (Å²) in [4.78, 5) is 14.1. The fourth-order valence-electron chi connectivity index (χ4n) is 2.43. The number of nitrogen functional groups attached to an aromatic ring is 1. The van der Waals surface area contributed by atoms with Crippen molar-refractivity contribution < 1.29 is 4.79 Å². The fourth-order valence-corrected chi connectivity index (χ4v) is 2.61. The molecule has 0 aliphatic carbocycles. The van der Waals surface area contributed by atoms with Crippen molar-refractivity contribution in [3.05, 3.63) is 23.2 Å². The van der Waals surface area contributed by atoms with Gasteiger partial charge in [-0.15, -0.1) is 0 Å². The van der Waals surface area contributed by atoms with Crippen LogP contribution in [-0.2, 0) is 4.79 Å². The van der Waals surface area contributed by atoms with E-state index in [4.69, 9.17) is 17.3 Å². The van der Waals surface area contributed by atoms with Crippen LogP contribution in [0.1, 0.15) is 19.8 Å². The molecule has 104 valence electrons. The van der Waals surface area contributed by atoms with Gasteiger partial charge in [0, 0.05) is 11.6 Å². The predicted molar refractivity (Wildman–Crippen MR) is 79.3 cm³/mol. The summed E-state index contributed by atoms with van der Waals surface area (Å²) < 4.78 is 0. The van der Waals surface area contributed by atoms with Crippen molar-refractivity contribution in [3.8, 4) is 0 Å². The number of nitrogens with two attached hydrogens (primary N) is 1. The van der Waals surface area contributed by atoms with Crippen LogP contribution in [0.5, 0.6) is 0 Å². The molecule has 2 rings (SSSR count). The second-order valence-corrected chi connectivity index (χ2v) is 5.51. The Morgan fingerprint density at radius 2 is 2.37 bits per heavy atom. The lowest BCUT2D eigenvalue weighted by Gasteiger charge is -2.16. The normalized spacial score (nSPS) is 19.6. The van der Waals surface area contributed by atoms with Crippen LogP contribution in [0.2, 0.25) is 5.02 Å². The number of anilines is 2. The molecule has 1 aliphatic heterocycles. The number of halogens is 1. The van der Waals surface area contributed by atoms with Crippen molar-refractivity contribution in [2.45, 2.75) is 19.8 Å². The highest BCUT2D eigenvalue weighted by molar-refractivity contribution is 6.31. The molecule has 3 N–H and O–H groups in total. The first kappa shape index (κ1) is 14.2. The van der Waals surface area contributed by atoms with Gasteiger partial charge in [-0.05, 0) is 37.1 Å². The van der Waals surface area contributed by atoms with Crippen molar-refractivity contribution in [1.82, 2.24) is 4.90 Å². The van der Waals surface area contributed by atoms with Crippen LogP contribution in [-0.4, -0.2) is 30.4 Å². The molecule has 19 heavy (non-hydrogen) atoms. The number of rotatable bonds is 4. The molecule has 1 aliphatic rings. The molecule has 0 saturated carbocycles. The van der Waals surface area contributed by atoms with E-state index in [9.17, 15) is 4.79 Å². The molecular weight excluding hydrogens is 262 g/mol. The monoisotopic (exact) mass is 281 g/mol. The van der Waals surface area contributed by atoms with E-state index in [1.807, 2.05) is 0 Å². The van der Waals surface area contributed by atoms with E-state index in [2.05, 4.69) is 17.1 Å². The first-order valence-corrected chi connectivity index (χ1v) is 7.03. The Labute approximate surface area is 118 Å². The number of hydrogen-bond acceptors (Lipinski definition) is 3. The van der Waals surface area contributed by atoms with Gasteiger partial charge < -0.3 is 11.1 Å². The Morgan fingerprint density at radius 1 is 1.58 bits per heavy atom. The molecule has 1 heterocycles. The van der Waals surface area contributed by atoms with Gasteiger partial charge in [0.1, 0.15) is 0 Å². The summed E-state index contributed by atoms with van der Waals surface area (Å²) in [5, 5.41) is 3.40. The van der Waals surface area contributed by atoms with Gasteiger partial charge in [0.05, 0.1) is 17.9 Å². The summed E-state index contributed by atoms with van der Waals surface area (Å²) in [5.41, 5.74) is 6.93. The van der Waals surface area contributed by atoms with Gasteiger partial charge in [-0.25, -0.2) is 0 Å². The Bertz CT molecular complexity index is 464. The Hall–Kier alpha value is -1.26. The minimum Gasteiger partial charge on any atom is -0.397 e. The van der Waals surface area contributed by atoms with Crippen LogP contribution in [0.3, 0.4) is 0 Å². The summed E-state index contributed by atoms with van der Waals surface area (Å²) in [5.74, 6) is 0.708. The van der Waals surface area contributed by atoms with Crippen molar-refractivity contribution in [2.75, 3.05) is 30.7 Å². The summed E-state index contributed by atoms with van der Waals surface area (Å²) >= 11 is 5.82. The molecule has 0 radical (unpaired) electrons. The number of benzene rings is 1. The number of nitrogens with one attached hydrogen (secondary N) is 1. The number of carbonyl (C=O) groups excluding carboxylic acids is 1. The largest absolute Gasteiger partial charge is 0.397 e. The van der Waals surface area contributed by atoms with Gasteiger partial charge in [0.25, 0.3) is 0 Å². The van der Waals surface area contributed by atoms with Crippen molar-refractivity contribution in [1.29, 1.82) is 0 Å². The third kappa shape index (κ3) is 3.85. The second kappa shape index (κ2) is 6.26. The average molecular weight is 282 g/mol. The van der Waals surface area contributed by atoms with Crippen LogP contribution < -0.4 is 11.1 Å². The zero-order valence-corrected chi connectivity index (χ0v) is 11.9. The minimum absolute atomic E-state index is 0.0224. The lowest BCUT2D eigenvalue weighted by Crippen LogP contribution is -2.31. The summed E-state index contributed by atoms with van der Waals surface area (Å²) in [6.07, 6.45) is 2.37. The van der Waals surface area contributed by atoms with Crippen molar-refractivity contribution in [3.63, 3.8) is 0 Å². The van der Waals surface area contributed by atoms with Crippen LogP contribution >= 0.6 is 11.6 Å². The highest BCUT2D eigenvalue weighted by atomic mass is 35.5. The first-order valence-electron chi connectivity index (χ1n) is 6.65. The fraction of sp³-hybridized carbons (Fsp3) is 0.500. The molecule has 0 spiro atoms. The molecular formula is C14H20ClN3O. The SMILES string of the molecule is CCC1CCN(CC(=O)Nc2ccc(Cl)cc2N)C1. The van der Waals surface area contributed by atoms with Crippen LogP contribution in [0.25, 0.3) is 0 Å². The second-order valence-electron chi connectivity index (χ2n) is 5.08. The third-order valence-corrected chi connectivity index (χ3v) is 3.84. The molecule has 1 atom stereocenters. The molecule has 0 bridgehead atoms. The van der Waals surface area contributed by atoms with E-state index >= 15 is 0 Å².